The monoisotopic (exact) mass is 337 g/mol. The fourth-order valence-electron chi connectivity index (χ4n) is 2.18. The van der Waals surface area contributed by atoms with Crippen LogP contribution in [0.1, 0.15) is 36.3 Å². The minimum atomic E-state index is 0.204. The first kappa shape index (κ1) is 15.1. The molecule has 1 atom stereocenters. The number of hydrogen-bond acceptors (Lipinski definition) is 4. The van der Waals surface area contributed by atoms with Crippen LogP contribution in [-0.4, -0.2) is 26.8 Å². The maximum absolute atomic E-state index is 4.27. The Morgan fingerprint density at radius 3 is 2.75 bits per heavy atom. The van der Waals surface area contributed by atoms with Crippen LogP contribution in [0.5, 0.6) is 0 Å². The van der Waals surface area contributed by atoms with Gasteiger partial charge in [0.2, 0.25) is 0 Å². The first-order valence-corrected chi connectivity index (χ1v) is 7.61. The van der Waals surface area contributed by atoms with E-state index in [1.165, 1.54) is 15.9 Å². The van der Waals surface area contributed by atoms with Crippen LogP contribution in [0.2, 0.25) is 0 Å². The van der Waals surface area contributed by atoms with Crippen LogP contribution >= 0.6 is 15.9 Å². The Balaban J connectivity index is 2.21. The number of nitrogens with zero attached hydrogens (tertiary/aromatic N) is 4. The molecule has 1 aromatic heterocycles. The van der Waals surface area contributed by atoms with Gasteiger partial charge in [-0.15, -0.1) is 10.2 Å². The van der Waals surface area contributed by atoms with Crippen molar-refractivity contribution in [3.8, 4) is 0 Å². The molecule has 2 rings (SSSR count). The molecule has 0 radical (unpaired) electrons. The molecule has 0 saturated heterocycles. The normalized spacial score (nSPS) is 12.6. The van der Waals surface area contributed by atoms with Gasteiger partial charge in [0.1, 0.15) is 0 Å². The van der Waals surface area contributed by atoms with Crippen molar-refractivity contribution in [3.05, 3.63) is 39.6 Å². The third kappa shape index (κ3) is 4.11. The number of aromatic nitrogens is 4. The topological polar surface area (TPSA) is 55.6 Å². The summed E-state index contributed by atoms with van der Waals surface area (Å²) in [5.74, 6) is 0.763. The number of rotatable bonds is 6. The largest absolute Gasteiger partial charge is 0.310 e. The minimum Gasteiger partial charge on any atom is -0.310 e. The van der Waals surface area contributed by atoms with E-state index in [1.54, 1.807) is 7.05 Å². The van der Waals surface area contributed by atoms with Crippen LogP contribution in [0.3, 0.4) is 0 Å². The quantitative estimate of drug-likeness (QED) is 0.880. The second-order valence-corrected chi connectivity index (χ2v) is 5.88. The number of hydrogen-bond donors (Lipinski definition) is 1. The molecule has 5 nitrogen and oxygen atoms in total. The molecule has 20 heavy (non-hydrogen) atoms. The van der Waals surface area contributed by atoms with Crippen LogP contribution < -0.4 is 5.32 Å². The molecule has 1 aromatic carbocycles. The standard InChI is InChI=1S/C14H20BrN5/c1-4-5-16-13(9-14-17-19-20(3)18-14)11-6-10(2)7-12(15)8-11/h6-8,13,16H,4-5,9H2,1-3H3. The Kier molecular flexibility index (Phi) is 5.25. The Morgan fingerprint density at radius 2 is 2.15 bits per heavy atom. The van der Waals surface area contributed by atoms with Crippen molar-refractivity contribution in [2.24, 2.45) is 7.05 Å². The lowest BCUT2D eigenvalue weighted by Gasteiger charge is -2.18. The van der Waals surface area contributed by atoms with E-state index in [0.717, 1.165) is 29.7 Å². The number of aryl methyl sites for hydroxylation is 2. The summed E-state index contributed by atoms with van der Waals surface area (Å²) in [5.41, 5.74) is 2.49. The zero-order valence-corrected chi connectivity index (χ0v) is 13.7. The average Bonchev–Trinajstić information content (AvgIpc) is 2.79. The highest BCUT2D eigenvalue weighted by molar-refractivity contribution is 9.10. The van der Waals surface area contributed by atoms with Gasteiger partial charge in [0.15, 0.2) is 5.82 Å². The molecule has 0 amide bonds. The van der Waals surface area contributed by atoms with Crippen LogP contribution in [-0.2, 0) is 13.5 Å². The highest BCUT2D eigenvalue weighted by Gasteiger charge is 2.15. The molecule has 0 fully saturated rings. The molecular formula is C14H20BrN5. The van der Waals surface area contributed by atoms with Gasteiger partial charge in [-0.3, -0.25) is 0 Å². The summed E-state index contributed by atoms with van der Waals surface area (Å²) in [6, 6.07) is 6.67. The van der Waals surface area contributed by atoms with Crippen molar-refractivity contribution in [2.45, 2.75) is 32.7 Å². The van der Waals surface area contributed by atoms with E-state index >= 15 is 0 Å². The Morgan fingerprint density at radius 1 is 1.35 bits per heavy atom. The van der Waals surface area contributed by atoms with Gasteiger partial charge >= 0.3 is 0 Å². The molecule has 0 bridgehead atoms. The third-order valence-electron chi connectivity index (χ3n) is 3.04. The summed E-state index contributed by atoms with van der Waals surface area (Å²) < 4.78 is 1.10. The molecule has 2 aromatic rings. The Hall–Kier alpha value is -1.27. The van der Waals surface area contributed by atoms with Gasteiger partial charge in [0.05, 0.1) is 7.05 Å². The van der Waals surface area contributed by atoms with E-state index in [4.69, 9.17) is 0 Å². The second kappa shape index (κ2) is 6.95. The molecule has 1 N–H and O–H groups in total. The van der Waals surface area contributed by atoms with E-state index < -0.39 is 0 Å². The maximum Gasteiger partial charge on any atom is 0.176 e. The number of nitrogens with one attached hydrogen (secondary N) is 1. The van der Waals surface area contributed by atoms with E-state index in [1.807, 2.05) is 0 Å². The summed E-state index contributed by atoms with van der Waals surface area (Å²) in [6.07, 6.45) is 1.83. The minimum absolute atomic E-state index is 0.204. The SMILES string of the molecule is CCCNC(Cc1nnn(C)n1)c1cc(C)cc(Br)c1. The summed E-state index contributed by atoms with van der Waals surface area (Å²) in [6.45, 7) is 5.24. The number of halogens is 1. The average molecular weight is 338 g/mol. The van der Waals surface area contributed by atoms with Crippen molar-refractivity contribution < 1.29 is 0 Å². The van der Waals surface area contributed by atoms with Crippen LogP contribution in [0, 0.1) is 6.92 Å². The molecule has 1 heterocycles. The van der Waals surface area contributed by atoms with Gasteiger partial charge < -0.3 is 5.32 Å². The Bertz CT molecular complexity index is 546. The van der Waals surface area contributed by atoms with Crippen molar-refractivity contribution in [2.75, 3.05) is 6.54 Å². The Labute approximate surface area is 127 Å². The highest BCUT2D eigenvalue weighted by atomic mass is 79.9. The molecule has 0 aliphatic heterocycles. The van der Waals surface area contributed by atoms with Gasteiger partial charge in [-0.1, -0.05) is 28.9 Å². The van der Waals surface area contributed by atoms with Gasteiger partial charge in [0, 0.05) is 16.9 Å². The zero-order valence-electron chi connectivity index (χ0n) is 12.1. The van der Waals surface area contributed by atoms with Crippen molar-refractivity contribution in [1.29, 1.82) is 0 Å². The molecule has 1 unspecified atom stereocenters. The van der Waals surface area contributed by atoms with E-state index in [9.17, 15) is 0 Å². The number of tetrazole rings is 1. The molecule has 108 valence electrons. The molecule has 6 heteroatoms. The van der Waals surface area contributed by atoms with Gasteiger partial charge in [0.25, 0.3) is 0 Å². The lowest BCUT2D eigenvalue weighted by Crippen LogP contribution is -2.24. The summed E-state index contributed by atoms with van der Waals surface area (Å²) in [7, 11) is 1.79. The third-order valence-corrected chi connectivity index (χ3v) is 3.50. The first-order valence-electron chi connectivity index (χ1n) is 6.82. The summed E-state index contributed by atoms with van der Waals surface area (Å²) in [4.78, 5) is 1.50. The van der Waals surface area contributed by atoms with Crippen molar-refractivity contribution in [1.82, 2.24) is 25.5 Å². The van der Waals surface area contributed by atoms with Gasteiger partial charge in [-0.2, -0.15) is 4.80 Å². The highest BCUT2D eigenvalue weighted by Crippen LogP contribution is 2.22. The summed E-state index contributed by atoms with van der Waals surface area (Å²) >= 11 is 3.56. The molecule has 0 aliphatic rings. The van der Waals surface area contributed by atoms with Crippen molar-refractivity contribution in [3.63, 3.8) is 0 Å². The van der Waals surface area contributed by atoms with E-state index in [-0.39, 0.29) is 6.04 Å². The molecule has 0 aliphatic carbocycles. The van der Waals surface area contributed by atoms with E-state index in [0.29, 0.717) is 0 Å². The summed E-state index contributed by atoms with van der Waals surface area (Å²) in [5, 5.41) is 15.8. The molecular weight excluding hydrogens is 318 g/mol. The molecule has 0 saturated carbocycles. The van der Waals surface area contributed by atoms with Gasteiger partial charge in [-0.25, -0.2) is 0 Å². The predicted octanol–water partition coefficient (Wildman–Crippen LogP) is 2.56. The van der Waals surface area contributed by atoms with Gasteiger partial charge in [-0.05, 0) is 48.4 Å². The lowest BCUT2D eigenvalue weighted by atomic mass is 10.0. The van der Waals surface area contributed by atoms with Crippen LogP contribution in [0.25, 0.3) is 0 Å². The first-order chi connectivity index (χ1) is 9.58. The van der Waals surface area contributed by atoms with Crippen LogP contribution in [0.15, 0.2) is 22.7 Å². The lowest BCUT2D eigenvalue weighted by molar-refractivity contribution is 0.516. The maximum atomic E-state index is 4.27. The number of benzene rings is 1. The fourth-order valence-corrected chi connectivity index (χ4v) is 2.81. The fraction of sp³-hybridized carbons (Fsp3) is 0.500. The zero-order chi connectivity index (χ0) is 14.5. The van der Waals surface area contributed by atoms with Crippen LogP contribution in [0.4, 0.5) is 0 Å². The predicted molar refractivity (Wildman–Crippen MR) is 82.4 cm³/mol. The van der Waals surface area contributed by atoms with Crippen molar-refractivity contribution >= 4 is 15.9 Å². The smallest absolute Gasteiger partial charge is 0.176 e. The molecule has 0 spiro atoms. The van der Waals surface area contributed by atoms with E-state index in [2.05, 4.69) is 68.7 Å². The second-order valence-electron chi connectivity index (χ2n) is 4.97.